The maximum Gasteiger partial charge on any atom is 0.277 e. The average Bonchev–Trinajstić information content (AvgIpc) is 2.86. The SMILES string of the molecule is COc1ccccc1N1CCN(C(=O)C[NH2+][C@H](c2ccccc2)c2ccc(C)cc2)CC1. The molecular formula is C27H32N3O2+. The minimum atomic E-state index is 0.107. The molecular weight excluding hydrogens is 398 g/mol. The lowest BCUT2D eigenvalue weighted by atomic mass is 9.98. The van der Waals surface area contributed by atoms with E-state index in [1.807, 2.05) is 29.2 Å². The van der Waals surface area contributed by atoms with Crippen molar-refractivity contribution >= 4 is 11.6 Å². The molecule has 1 atom stereocenters. The molecule has 0 saturated carbocycles. The first kappa shape index (κ1) is 21.9. The van der Waals surface area contributed by atoms with Crippen molar-refractivity contribution in [3.63, 3.8) is 0 Å². The van der Waals surface area contributed by atoms with Crippen molar-refractivity contribution in [2.75, 3.05) is 44.7 Å². The van der Waals surface area contributed by atoms with Crippen LogP contribution in [0.2, 0.25) is 0 Å². The number of nitrogens with two attached hydrogens (primary N) is 1. The highest BCUT2D eigenvalue weighted by atomic mass is 16.5. The Bertz CT molecular complexity index is 1010. The van der Waals surface area contributed by atoms with Gasteiger partial charge in [-0.2, -0.15) is 0 Å². The van der Waals surface area contributed by atoms with Crippen molar-refractivity contribution in [2.24, 2.45) is 0 Å². The van der Waals surface area contributed by atoms with Gasteiger partial charge < -0.3 is 19.9 Å². The van der Waals surface area contributed by atoms with Gasteiger partial charge in [0.1, 0.15) is 11.8 Å². The van der Waals surface area contributed by atoms with Crippen LogP contribution in [0.5, 0.6) is 5.75 Å². The number of anilines is 1. The maximum absolute atomic E-state index is 13.0. The Kier molecular flexibility index (Phi) is 7.07. The van der Waals surface area contributed by atoms with Crippen molar-refractivity contribution in [1.29, 1.82) is 0 Å². The molecule has 0 aromatic heterocycles. The first-order chi connectivity index (χ1) is 15.7. The number of para-hydroxylation sites is 2. The van der Waals surface area contributed by atoms with Gasteiger partial charge in [0, 0.05) is 37.3 Å². The van der Waals surface area contributed by atoms with Gasteiger partial charge in [0.15, 0.2) is 6.54 Å². The number of hydrogen-bond donors (Lipinski definition) is 1. The quantitative estimate of drug-likeness (QED) is 0.627. The van der Waals surface area contributed by atoms with Crippen LogP contribution in [0.4, 0.5) is 5.69 Å². The van der Waals surface area contributed by atoms with E-state index in [9.17, 15) is 4.79 Å². The number of hydrogen-bond acceptors (Lipinski definition) is 3. The summed E-state index contributed by atoms with van der Waals surface area (Å²) in [6.07, 6.45) is 0. The summed E-state index contributed by atoms with van der Waals surface area (Å²) in [5.41, 5.74) is 4.77. The molecule has 0 unspecified atom stereocenters. The third-order valence-corrected chi connectivity index (χ3v) is 6.18. The van der Waals surface area contributed by atoms with E-state index in [1.54, 1.807) is 7.11 Å². The van der Waals surface area contributed by atoms with Crippen LogP contribution in [-0.4, -0.2) is 50.6 Å². The lowest BCUT2D eigenvalue weighted by Gasteiger charge is -2.36. The highest BCUT2D eigenvalue weighted by molar-refractivity contribution is 5.77. The lowest BCUT2D eigenvalue weighted by molar-refractivity contribution is -0.677. The van der Waals surface area contributed by atoms with Gasteiger partial charge in [0.2, 0.25) is 0 Å². The lowest BCUT2D eigenvalue weighted by Crippen LogP contribution is -2.88. The van der Waals surface area contributed by atoms with Gasteiger partial charge in [-0.1, -0.05) is 72.3 Å². The Labute approximate surface area is 190 Å². The first-order valence-corrected chi connectivity index (χ1v) is 11.3. The van der Waals surface area contributed by atoms with Gasteiger partial charge in [-0.05, 0) is 19.1 Å². The molecule has 1 heterocycles. The summed E-state index contributed by atoms with van der Waals surface area (Å²) in [7, 11) is 1.70. The zero-order valence-corrected chi connectivity index (χ0v) is 18.9. The van der Waals surface area contributed by atoms with E-state index in [0.29, 0.717) is 6.54 Å². The number of ether oxygens (including phenoxy) is 1. The van der Waals surface area contributed by atoms with Crippen molar-refractivity contribution in [2.45, 2.75) is 13.0 Å². The largest absolute Gasteiger partial charge is 0.495 e. The third-order valence-electron chi connectivity index (χ3n) is 6.18. The van der Waals surface area contributed by atoms with E-state index >= 15 is 0 Å². The number of rotatable bonds is 7. The number of aryl methyl sites for hydroxylation is 1. The fourth-order valence-corrected chi connectivity index (χ4v) is 4.33. The molecule has 32 heavy (non-hydrogen) atoms. The number of carbonyl (C=O) groups is 1. The van der Waals surface area contributed by atoms with Crippen LogP contribution in [0, 0.1) is 6.92 Å². The molecule has 0 aliphatic carbocycles. The summed E-state index contributed by atoms with van der Waals surface area (Å²) in [4.78, 5) is 17.3. The molecule has 4 rings (SSSR count). The zero-order chi connectivity index (χ0) is 22.3. The number of quaternary nitrogens is 1. The second kappa shape index (κ2) is 10.3. The molecule has 1 saturated heterocycles. The molecule has 0 bridgehead atoms. The minimum absolute atomic E-state index is 0.107. The maximum atomic E-state index is 13.0. The Balaban J connectivity index is 1.38. The zero-order valence-electron chi connectivity index (χ0n) is 18.9. The second-order valence-corrected chi connectivity index (χ2v) is 8.28. The van der Waals surface area contributed by atoms with Crippen LogP contribution < -0.4 is 15.0 Å². The number of piperazine rings is 1. The molecule has 0 spiro atoms. The summed E-state index contributed by atoms with van der Waals surface area (Å²) in [5, 5.41) is 2.16. The Morgan fingerprint density at radius 1 is 0.875 bits per heavy atom. The van der Waals surface area contributed by atoms with E-state index < -0.39 is 0 Å². The number of methoxy groups -OCH3 is 1. The monoisotopic (exact) mass is 430 g/mol. The standard InChI is InChI=1S/C27H31N3O2/c1-21-12-14-23(15-13-21)27(22-8-4-3-5-9-22)28-20-26(31)30-18-16-29(17-19-30)24-10-6-7-11-25(24)32-2/h3-15,27-28H,16-20H2,1-2H3/p+1/t27-/m1/s1. The summed E-state index contributed by atoms with van der Waals surface area (Å²) in [5.74, 6) is 1.07. The molecule has 2 N–H and O–H groups in total. The van der Waals surface area contributed by atoms with Crippen LogP contribution in [-0.2, 0) is 4.79 Å². The average molecular weight is 431 g/mol. The van der Waals surface area contributed by atoms with Crippen molar-refractivity contribution in [3.05, 3.63) is 95.6 Å². The summed E-state index contributed by atoms with van der Waals surface area (Å²) < 4.78 is 5.50. The van der Waals surface area contributed by atoms with Gasteiger partial charge in [0.05, 0.1) is 12.8 Å². The van der Waals surface area contributed by atoms with Gasteiger partial charge >= 0.3 is 0 Å². The van der Waals surface area contributed by atoms with Gasteiger partial charge in [-0.3, -0.25) is 4.79 Å². The van der Waals surface area contributed by atoms with E-state index in [0.717, 1.165) is 37.6 Å². The fourth-order valence-electron chi connectivity index (χ4n) is 4.33. The van der Waals surface area contributed by atoms with E-state index in [4.69, 9.17) is 4.74 Å². The predicted octanol–water partition coefficient (Wildman–Crippen LogP) is 3.01. The van der Waals surface area contributed by atoms with E-state index in [2.05, 4.69) is 71.7 Å². The van der Waals surface area contributed by atoms with Crippen LogP contribution in [0.3, 0.4) is 0 Å². The molecule has 5 heteroatoms. The molecule has 1 fully saturated rings. The smallest absolute Gasteiger partial charge is 0.277 e. The van der Waals surface area contributed by atoms with Gasteiger partial charge in [-0.15, -0.1) is 0 Å². The summed E-state index contributed by atoms with van der Waals surface area (Å²) in [6, 6.07) is 27.2. The number of carbonyl (C=O) groups excluding carboxylic acids is 1. The van der Waals surface area contributed by atoms with Crippen LogP contribution in [0.25, 0.3) is 0 Å². The molecule has 1 amide bonds. The van der Waals surface area contributed by atoms with Crippen LogP contribution >= 0.6 is 0 Å². The van der Waals surface area contributed by atoms with E-state index in [-0.39, 0.29) is 11.9 Å². The highest BCUT2D eigenvalue weighted by Gasteiger charge is 2.25. The Hall–Kier alpha value is -3.31. The second-order valence-electron chi connectivity index (χ2n) is 8.28. The first-order valence-electron chi connectivity index (χ1n) is 11.3. The van der Waals surface area contributed by atoms with Gasteiger partial charge in [-0.25, -0.2) is 0 Å². The third kappa shape index (κ3) is 5.11. The molecule has 3 aromatic carbocycles. The van der Waals surface area contributed by atoms with E-state index in [1.165, 1.54) is 16.7 Å². The van der Waals surface area contributed by atoms with Crippen molar-refractivity contribution < 1.29 is 14.8 Å². The molecule has 0 radical (unpaired) electrons. The number of amides is 1. The predicted molar refractivity (Wildman–Crippen MR) is 128 cm³/mol. The topological polar surface area (TPSA) is 49.4 Å². The van der Waals surface area contributed by atoms with Crippen molar-refractivity contribution in [1.82, 2.24) is 4.90 Å². The summed E-state index contributed by atoms with van der Waals surface area (Å²) in [6.45, 7) is 5.61. The van der Waals surface area contributed by atoms with Crippen molar-refractivity contribution in [3.8, 4) is 5.75 Å². The molecule has 5 nitrogen and oxygen atoms in total. The summed E-state index contributed by atoms with van der Waals surface area (Å²) >= 11 is 0. The molecule has 3 aromatic rings. The van der Waals surface area contributed by atoms with Crippen LogP contribution in [0.15, 0.2) is 78.9 Å². The molecule has 1 aliphatic heterocycles. The van der Waals surface area contributed by atoms with Gasteiger partial charge in [0.25, 0.3) is 5.91 Å². The molecule has 166 valence electrons. The fraction of sp³-hybridized carbons (Fsp3) is 0.296. The minimum Gasteiger partial charge on any atom is -0.495 e. The highest BCUT2D eigenvalue weighted by Crippen LogP contribution is 2.28. The van der Waals surface area contributed by atoms with Crippen LogP contribution in [0.1, 0.15) is 22.7 Å². The molecule has 1 aliphatic rings. The number of benzene rings is 3. The Morgan fingerprint density at radius 2 is 1.50 bits per heavy atom. The number of nitrogens with zero attached hydrogens (tertiary/aromatic N) is 2. The normalized spacial score (nSPS) is 14.8. The Morgan fingerprint density at radius 3 is 2.19 bits per heavy atom.